The maximum atomic E-state index is 12.5. The third-order valence-electron chi connectivity index (χ3n) is 5.08. The molecule has 2 heterocycles. The average Bonchev–Trinajstić information content (AvgIpc) is 2.59. The number of nitrogens with zero attached hydrogens (tertiary/aromatic N) is 3. The summed E-state index contributed by atoms with van der Waals surface area (Å²) in [5.41, 5.74) is 0.956. The van der Waals surface area contributed by atoms with E-state index in [4.69, 9.17) is 9.47 Å². The van der Waals surface area contributed by atoms with Gasteiger partial charge in [0.1, 0.15) is 5.69 Å². The van der Waals surface area contributed by atoms with Crippen molar-refractivity contribution in [3.05, 3.63) is 28.3 Å². The lowest BCUT2D eigenvalue weighted by Crippen LogP contribution is -2.48. The molecule has 0 unspecified atom stereocenters. The highest BCUT2D eigenvalue weighted by Crippen LogP contribution is 2.33. The molecule has 9 nitrogen and oxygen atoms in total. The van der Waals surface area contributed by atoms with Crippen LogP contribution in [0, 0.1) is 10.1 Å². The van der Waals surface area contributed by atoms with Crippen LogP contribution in [0.15, 0.2) is 18.2 Å². The van der Waals surface area contributed by atoms with Crippen molar-refractivity contribution < 1.29 is 19.2 Å². The van der Waals surface area contributed by atoms with E-state index in [1.807, 2.05) is 37.5 Å². The number of anilines is 2. The van der Waals surface area contributed by atoms with E-state index >= 15 is 0 Å². The lowest BCUT2D eigenvalue weighted by atomic mass is 10.1. The number of carbonyl (C=O) groups is 1. The maximum Gasteiger partial charge on any atom is 0.294 e. The lowest BCUT2D eigenvalue weighted by molar-refractivity contribution is -0.384. The van der Waals surface area contributed by atoms with Gasteiger partial charge in [-0.15, -0.1) is 0 Å². The van der Waals surface area contributed by atoms with Crippen LogP contribution in [0.4, 0.5) is 17.1 Å². The van der Waals surface area contributed by atoms with Crippen LogP contribution in [-0.2, 0) is 14.3 Å². The molecule has 0 saturated carbocycles. The smallest absolute Gasteiger partial charge is 0.294 e. The van der Waals surface area contributed by atoms with E-state index in [1.54, 1.807) is 12.1 Å². The lowest BCUT2D eigenvalue weighted by Gasteiger charge is -2.36. The molecule has 0 aliphatic carbocycles. The number of nitrogens with one attached hydrogen (secondary N) is 1. The van der Waals surface area contributed by atoms with Crippen molar-refractivity contribution in [1.82, 2.24) is 4.90 Å². The van der Waals surface area contributed by atoms with Gasteiger partial charge in [-0.2, -0.15) is 0 Å². The fourth-order valence-electron chi connectivity index (χ4n) is 4.21. The number of nitro groups is 1. The quantitative estimate of drug-likeness (QED) is 0.592. The van der Waals surface area contributed by atoms with Crippen molar-refractivity contribution in [2.24, 2.45) is 0 Å². The molecule has 0 aromatic heterocycles. The fraction of sp³-hybridized carbons (Fsp3) is 0.650. The summed E-state index contributed by atoms with van der Waals surface area (Å²) < 4.78 is 11.4. The second kappa shape index (κ2) is 9.06. The van der Waals surface area contributed by atoms with E-state index < -0.39 is 4.92 Å². The fourth-order valence-corrected chi connectivity index (χ4v) is 4.21. The molecule has 4 atom stereocenters. The van der Waals surface area contributed by atoms with Crippen molar-refractivity contribution in [3.63, 3.8) is 0 Å². The van der Waals surface area contributed by atoms with Crippen LogP contribution in [0.5, 0.6) is 0 Å². The number of morpholine rings is 2. The van der Waals surface area contributed by atoms with Crippen LogP contribution >= 0.6 is 0 Å². The number of rotatable bonds is 5. The van der Waals surface area contributed by atoms with Gasteiger partial charge in [-0.05, 0) is 39.8 Å². The SMILES string of the molecule is C[C@@H]1CN(CC(=O)Nc2ccc(N3C[C@@H](C)O[C@@H](C)C3)c([N+](=O)[O-])c2)C[C@@H](C)O1. The van der Waals surface area contributed by atoms with Gasteiger partial charge in [-0.3, -0.25) is 19.8 Å². The van der Waals surface area contributed by atoms with Crippen LogP contribution in [-0.4, -0.2) is 72.9 Å². The molecule has 0 spiro atoms. The first-order chi connectivity index (χ1) is 13.7. The molecule has 160 valence electrons. The van der Waals surface area contributed by atoms with Crippen LogP contribution in [0.25, 0.3) is 0 Å². The minimum Gasteiger partial charge on any atom is -0.373 e. The third-order valence-corrected chi connectivity index (χ3v) is 5.08. The van der Waals surface area contributed by atoms with Crippen LogP contribution in [0.2, 0.25) is 0 Å². The molecule has 1 aromatic carbocycles. The molecule has 1 amide bonds. The van der Waals surface area contributed by atoms with Crippen LogP contribution < -0.4 is 10.2 Å². The largest absolute Gasteiger partial charge is 0.373 e. The number of benzene rings is 1. The Morgan fingerprint density at radius 2 is 1.62 bits per heavy atom. The van der Waals surface area contributed by atoms with Crippen molar-refractivity contribution in [2.75, 3.05) is 42.9 Å². The molecule has 0 bridgehead atoms. The Labute approximate surface area is 171 Å². The molecule has 3 rings (SSSR count). The standard InChI is InChI=1S/C20H30N4O5/c1-13-8-22(9-14(2)28-13)12-20(25)21-17-5-6-18(19(7-17)24(26)27)23-10-15(3)29-16(4)11-23/h5-7,13-16H,8-12H2,1-4H3,(H,21,25)/t13-,14-,15-,16+/m1/s1. The van der Waals surface area contributed by atoms with Crippen molar-refractivity contribution in [1.29, 1.82) is 0 Å². The molecular weight excluding hydrogens is 376 g/mol. The van der Waals surface area contributed by atoms with E-state index in [0.717, 1.165) is 0 Å². The number of hydrogen-bond acceptors (Lipinski definition) is 7. The van der Waals surface area contributed by atoms with E-state index in [9.17, 15) is 14.9 Å². The number of amides is 1. The molecule has 2 aliphatic rings. The molecular formula is C20H30N4O5. The second-order valence-corrected chi connectivity index (χ2v) is 8.12. The van der Waals surface area contributed by atoms with Gasteiger partial charge in [-0.1, -0.05) is 0 Å². The summed E-state index contributed by atoms with van der Waals surface area (Å²) in [6.07, 6.45) is 0.141. The third kappa shape index (κ3) is 5.65. The first kappa shape index (κ1) is 21.5. The molecule has 2 aliphatic heterocycles. The summed E-state index contributed by atoms with van der Waals surface area (Å²) in [6.45, 7) is 10.6. The summed E-state index contributed by atoms with van der Waals surface area (Å²) in [5.74, 6) is -0.193. The van der Waals surface area contributed by atoms with E-state index in [0.29, 0.717) is 37.6 Å². The molecule has 29 heavy (non-hydrogen) atoms. The van der Waals surface area contributed by atoms with E-state index in [-0.39, 0.29) is 42.6 Å². The molecule has 9 heteroatoms. The minimum absolute atomic E-state index is 0.00367. The maximum absolute atomic E-state index is 12.5. The monoisotopic (exact) mass is 406 g/mol. The van der Waals surface area contributed by atoms with Crippen LogP contribution in [0.3, 0.4) is 0 Å². The predicted octanol–water partition coefficient (Wildman–Crippen LogP) is 2.26. The van der Waals surface area contributed by atoms with Gasteiger partial charge < -0.3 is 19.7 Å². The van der Waals surface area contributed by atoms with Crippen molar-refractivity contribution in [2.45, 2.75) is 52.1 Å². The van der Waals surface area contributed by atoms with Crippen molar-refractivity contribution >= 4 is 23.0 Å². The topological polar surface area (TPSA) is 97.2 Å². The molecule has 1 aromatic rings. The van der Waals surface area contributed by atoms with Gasteiger partial charge in [-0.25, -0.2) is 0 Å². The zero-order valence-electron chi connectivity index (χ0n) is 17.5. The van der Waals surface area contributed by atoms with Gasteiger partial charge in [0.15, 0.2) is 0 Å². The highest BCUT2D eigenvalue weighted by atomic mass is 16.6. The average molecular weight is 406 g/mol. The Morgan fingerprint density at radius 3 is 2.17 bits per heavy atom. The Bertz CT molecular complexity index is 738. The van der Waals surface area contributed by atoms with Gasteiger partial charge in [0.05, 0.1) is 35.9 Å². The molecule has 0 radical (unpaired) electrons. The second-order valence-electron chi connectivity index (χ2n) is 8.12. The normalized spacial score (nSPS) is 28.2. The Kier molecular flexibility index (Phi) is 6.71. The molecule has 2 fully saturated rings. The number of ether oxygens (including phenoxy) is 2. The Morgan fingerprint density at radius 1 is 1.07 bits per heavy atom. The van der Waals surface area contributed by atoms with Gasteiger partial charge in [0.2, 0.25) is 5.91 Å². The Hall–Kier alpha value is -2.23. The van der Waals surface area contributed by atoms with Gasteiger partial charge in [0, 0.05) is 37.9 Å². The highest BCUT2D eigenvalue weighted by molar-refractivity contribution is 5.93. The van der Waals surface area contributed by atoms with Gasteiger partial charge in [0.25, 0.3) is 5.69 Å². The number of carbonyl (C=O) groups excluding carboxylic acids is 1. The first-order valence-corrected chi connectivity index (χ1v) is 10.1. The summed E-state index contributed by atoms with van der Waals surface area (Å²) >= 11 is 0. The predicted molar refractivity (Wildman–Crippen MR) is 110 cm³/mol. The van der Waals surface area contributed by atoms with Gasteiger partial charge >= 0.3 is 0 Å². The van der Waals surface area contributed by atoms with E-state index in [1.165, 1.54) is 6.07 Å². The first-order valence-electron chi connectivity index (χ1n) is 10.1. The van der Waals surface area contributed by atoms with E-state index in [2.05, 4.69) is 5.32 Å². The van der Waals surface area contributed by atoms with Crippen molar-refractivity contribution in [3.8, 4) is 0 Å². The summed E-state index contributed by atoms with van der Waals surface area (Å²) in [4.78, 5) is 27.7. The highest BCUT2D eigenvalue weighted by Gasteiger charge is 2.28. The number of nitro benzene ring substituents is 1. The molecule has 2 saturated heterocycles. The molecule has 1 N–H and O–H groups in total. The number of hydrogen-bond donors (Lipinski definition) is 1. The summed E-state index contributed by atoms with van der Waals surface area (Å²) in [7, 11) is 0. The zero-order valence-corrected chi connectivity index (χ0v) is 17.5. The zero-order chi connectivity index (χ0) is 21.1. The Balaban J connectivity index is 1.69. The van der Waals surface area contributed by atoms with Crippen LogP contribution in [0.1, 0.15) is 27.7 Å². The summed E-state index contributed by atoms with van der Waals surface area (Å²) in [5, 5.41) is 14.5. The minimum atomic E-state index is -0.402. The summed E-state index contributed by atoms with van der Waals surface area (Å²) in [6, 6.07) is 4.86.